The number of amides is 2. The van der Waals surface area contributed by atoms with E-state index in [4.69, 9.17) is 14.2 Å². The second kappa shape index (κ2) is 12.9. The SMILES string of the molecule is CCNC(=O)[C@H](C)N(Cc1cccc(OC)c1)C(=O)CN(c1ccc(F)cc1)S(=O)(=O)c1ccc2c(c1)OCCO2. The fourth-order valence-corrected chi connectivity index (χ4v) is 5.75. The minimum atomic E-state index is -4.36. The molecule has 0 bridgehead atoms. The van der Waals surface area contributed by atoms with E-state index in [-0.39, 0.29) is 29.5 Å². The Morgan fingerprint density at radius 1 is 1.02 bits per heavy atom. The number of nitrogens with zero attached hydrogens (tertiary/aromatic N) is 2. The second-order valence-electron chi connectivity index (χ2n) is 9.24. The Bertz CT molecular complexity index is 1500. The van der Waals surface area contributed by atoms with Crippen LogP contribution < -0.4 is 23.8 Å². The first-order valence-corrected chi connectivity index (χ1v) is 14.5. The lowest BCUT2D eigenvalue weighted by atomic mass is 10.1. The normalized spacial score (nSPS) is 13.2. The van der Waals surface area contributed by atoms with Crippen molar-refractivity contribution in [3.05, 3.63) is 78.1 Å². The van der Waals surface area contributed by atoms with Crippen LogP contribution in [0, 0.1) is 5.82 Å². The molecule has 41 heavy (non-hydrogen) atoms. The topological polar surface area (TPSA) is 114 Å². The number of anilines is 1. The summed E-state index contributed by atoms with van der Waals surface area (Å²) in [5, 5.41) is 2.71. The van der Waals surface area contributed by atoms with Gasteiger partial charge in [-0.2, -0.15) is 0 Å². The predicted octanol–water partition coefficient (Wildman–Crippen LogP) is 3.35. The standard InChI is InChI=1S/C29H32FN3O7S/c1-4-31-29(35)20(2)32(18-21-6-5-7-24(16-21)38-3)28(34)19-33(23-10-8-22(30)9-11-23)41(36,37)25-12-13-26-27(17-25)40-15-14-39-26/h5-13,16-17,20H,4,14-15,18-19H2,1-3H3,(H,31,35)/t20-/m0/s1. The number of carbonyl (C=O) groups is 2. The molecule has 3 aromatic rings. The first-order valence-electron chi connectivity index (χ1n) is 13.0. The Labute approximate surface area is 238 Å². The lowest BCUT2D eigenvalue weighted by molar-refractivity contribution is -0.139. The molecule has 1 atom stereocenters. The number of halogens is 1. The number of likely N-dealkylation sites (N-methyl/N-ethyl adjacent to an activating group) is 1. The summed E-state index contributed by atoms with van der Waals surface area (Å²) in [5.41, 5.74) is 0.749. The van der Waals surface area contributed by atoms with Crippen LogP contribution >= 0.6 is 0 Å². The monoisotopic (exact) mass is 585 g/mol. The molecule has 3 aromatic carbocycles. The third-order valence-electron chi connectivity index (χ3n) is 6.50. The number of benzene rings is 3. The van der Waals surface area contributed by atoms with Gasteiger partial charge in [-0.25, -0.2) is 12.8 Å². The molecule has 0 saturated carbocycles. The highest BCUT2D eigenvalue weighted by molar-refractivity contribution is 7.92. The first kappa shape index (κ1) is 29.7. The molecule has 1 aliphatic heterocycles. The van der Waals surface area contributed by atoms with Crippen molar-refractivity contribution in [2.75, 3.05) is 37.7 Å². The molecule has 1 heterocycles. The molecule has 10 nitrogen and oxygen atoms in total. The van der Waals surface area contributed by atoms with Crippen LogP contribution in [0.25, 0.3) is 0 Å². The molecule has 0 unspecified atom stereocenters. The van der Waals surface area contributed by atoms with Crippen molar-refractivity contribution in [2.45, 2.75) is 31.3 Å². The molecule has 12 heteroatoms. The lowest BCUT2D eigenvalue weighted by Gasteiger charge is -2.32. The number of carbonyl (C=O) groups excluding carboxylic acids is 2. The van der Waals surface area contributed by atoms with Gasteiger partial charge in [0.15, 0.2) is 11.5 Å². The van der Waals surface area contributed by atoms with Crippen LogP contribution in [-0.4, -0.2) is 64.6 Å². The Morgan fingerprint density at radius 2 is 1.73 bits per heavy atom. The number of sulfonamides is 1. The van der Waals surface area contributed by atoms with E-state index in [1.54, 1.807) is 38.1 Å². The third kappa shape index (κ3) is 6.88. The molecule has 0 radical (unpaired) electrons. The Hall–Kier alpha value is -4.32. The van der Waals surface area contributed by atoms with Gasteiger partial charge in [0.25, 0.3) is 10.0 Å². The molecule has 2 amide bonds. The van der Waals surface area contributed by atoms with Crippen molar-refractivity contribution in [2.24, 2.45) is 0 Å². The van der Waals surface area contributed by atoms with Crippen LogP contribution in [0.15, 0.2) is 71.6 Å². The van der Waals surface area contributed by atoms with E-state index < -0.39 is 40.2 Å². The van der Waals surface area contributed by atoms with Gasteiger partial charge in [0.05, 0.1) is 17.7 Å². The zero-order chi connectivity index (χ0) is 29.6. The zero-order valence-corrected chi connectivity index (χ0v) is 23.8. The highest BCUT2D eigenvalue weighted by Gasteiger charge is 2.33. The smallest absolute Gasteiger partial charge is 0.264 e. The highest BCUT2D eigenvalue weighted by Crippen LogP contribution is 2.34. The maximum Gasteiger partial charge on any atom is 0.264 e. The largest absolute Gasteiger partial charge is 0.497 e. The Balaban J connectivity index is 1.72. The van der Waals surface area contributed by atoms with Crippen LogP contribution in [0.2, 0.25) is 0 Å². The average molecular weight is 586 g/mol. The molecule has 1 aliphatic rings. The third-order valence-corrected chi connectivity index (χ3v) is 8.27. The summed E-state index contributed by atoms with van der Waals surface area (Å²) < 4.78 is 59.0. The summed E-state index contributed by atoms with van der Waals surface area (Å²) in [6.45, 7) is 3.63. The van der Waals surface area contributed by atoms with E-state index >= 15 is 0 Å². The maximum absolute atomic E-state index is 14.0. The van der Waals surface area contributed by atoms with Gasteiger partial charge in [0.1, 0.15) is 37.4 Å². The molecule has 0 spiro atoms. The second-order valence-corrected chi connectivity index (χ2v) is 11.1. The van der Waals surface area contributed by atoms with Crippen molar-refractivity contribution < 1.29 is 36.6 Å². The van der Waals surface area contributed by atoms with E-state index in [2.05, 4.69) is 5.32 Å². The molecular formula is C29H32FN3O7S. The van der Waals surface area contributed by atoms with Crippen molar-refractivity contribution in [1.82, 2.24) is 10.2 Å². The molecule has 218 valence electrons. The molecular weight excluding hydrogens is 553 g/mol. The van der Waals surface area contributed by atoms with Crippen LogP contribution in [0.1, 0.15) is 19.4 Å². The number of nitrogens with one attached hydrogen (secondary N) is 1. The van der Waals surface area contributed by atoms with Crippen LogP contribution in [0.3, 0.4) is 0 Å². The highest BCUT2D eigenvalue weighted by atomic mass is 32.2. The number of hydrogen-bond donors (Lipinski definition) is 1. The summed E-state index contributed by atoms with van der Waals surface area (Å²) in [6.07, 6.45) is 0. The Morgan fingerprint density at radius 3 is 2.41 bits per heavy atom. The van der Waals surface area contributed by atoms with Crippen molar-refractivity contribution in [3.8, 4) is 17.2 Å². The summed E-state index contributed by atoms with van der Waals surface area (Å²) in [7, 11) is -2.84. The molecule has 1 N–H and O–H groups in total. The van der Waals surface area contributed by atoms with Gasteiger partial charge in [-0.1, -0.05) is 12.1 Å². The van der Waals surface area contributed by atoms with Gasteiger partial charge in [0, 0.05) is 19.2 Å². The van der Waals surface area contributed by atoms with E-state index in [1.165, 1.54) is 42.3 Å². The predicted molar refractivity (Wildman–Crippen MR) is 150 cm³/mol. The van der Waals surface area contributed by atoms with E-state index in [1.807, 2.05) is 0 Å². The summed E-state index contributed by atoms with van der Waals surface area (Å²) in [6, 6.07) is 15.0. The van der Waals surface area contributed by atoms with Gasteiger partial charge in [-0.3, -0.25) is 13.9 Å². The van der Waals surface area contributed by atoms with Crippen LogP contribution in [-0.2, 0) is 26.2 Å². The summed E-state index contributed by atoms with van der Waals surface area (Å²) >= 11 is 0. The van der Waals surface area contributed by atoms with Gasteiger partial charge in [0.2, 0.25) is 11.8 Å². The number of hydrogen-bond acceptors (Lipinski definition) is 7. The molecule has 0 saturated heterocycles. The number of methoxy groups -OCH3 is 1. The molecule has 0 fully saturated rings. The summed E-state index contributed by atoms with van der Waals surface area (Å²) in [4.78, 5) is 27.9. The van der Waals surface area contributed by atoms with E-state index in [9.17, 15) is 22.4 Å². The molecule has 0 aromatic heterocycles. The fourth-order valence-electron chi connectivity index (χ4n) is 4.32. The minimum absolute atomic E-state index is 0.00959. The van der Waals surface area contributed by atoms with Crippen LogP contribution in [0.4, 0.5) is 10.1 Å². The fraction of sp³-hybridized carbons (Fsp3) is 0.310. The van der Waals surface area contributed by atoms with Crippen molar-refractivity contribution in [3.63, 3.8) is 0 Å². The van der Waals surface area contributed by atoms with Gasteiger partial charge in [-0.15, -0.1) is 0 Å². The first-order chi connectivity index (χ1) is 19.6. The van der Waals surface area contributed by atoms with E-state index in [0.717, 1.165) is 16.4 Å². The lowest BCUT2D eigenvalue weighted by Crippen LogP contribution is -2.51. The van der Waals surface area contributed by atoms with Gasteiger partial charge >= 0.3 is 0 Å². The summed E-state index contributed by atoms with van der Waals surface area (Å²) in [5.74, 6) is -0.383. The van der Waals surface area contributed by atoms with Crippen molar-refractivity contribution in [1.29, 1.82) is 0 Å². The number of rotatable bonds is 11. The zero-order valence-electron chi connectivity index (χ0n) is 23.0. The Kier molecular flexibility index (Phi) is 9.33. The van der Waals surface area contributed by atoms with E-state index in [0.29, 0.717) is 30.2 Å². The van der Waals surface area contributed by atoms with Gasteiger partial charge < -0.3 is 24.4 Å². The number of ether oxygens (including phenoxy) is 3. The molecule has 0 aliphatic carbocycles. The molecule has 4 rings (SSSR count). The number of fused-ring (bicyclic) bond motifs is 1. The quantitative estimate of drug-likeness (QED) is 0.367. The van der Waals surface area contributed by atoms with Gasteiger partial charge in [-0.05, 0) is 67.9 Å². The maximum atomic E-state index is 14.0. The van der Waals surface area contributed by atoms with Crippen molar-refractivity contribution >= 4 is 27.5 Å². The van der Waals surface area contributed by atoms with Crippen LogP contribution in [0.5, 0.6) is 17.2 Å². The minimum Gasteiger partial charge on any atom is -0.497 e. The average Bonchev–Trinajstić information content (AvgIpc) is 2.98.